The second kappa shape index (κ2) is 11.0. The molecule has 2 aromatic carbocycles. The fourth-order valence-electron chi connectivity index (χ4n) is 5.09. The van der Waals surface area contributed by atoms with Gasteiger partial charge in [0, 0.05) is 48.9 Å². The Morgan fingerprint density at radius 1 is 1.05 bits per heavy atom. The van der Waals surface area contributed by atoms with Crippen LogP contribution in [0.15, 0.2) is 60.9 Å². The molecule has 1 aliphatic heterocycles. The van der Waals surface area contributed by atoms with Crippen molar-refractivity contribution in [3.8, 4) is 0 Å². The molecule has 40 heavy (non-hydrogen) atoms. The number of hydrogen-bond acceptors (Lipinski definition) is 7. The molecule has 1 aliphatic rings. The van der Waals surface area contributed by atoms with Crippen LogP contribution < -0.4 is 15.5 Å². The zero-order valence-corrected chi connectivity index (χ0v) is 23.8. The molecule has 0 aliphatic carbocycles. The Morgan fingerprint density at radius 3 is 2.48 bits per heavy atom. The highest BCUT2D eigenvalue weighted by molar-refractivity contribution is 6.20. The first-order valence-electron chi connectivity index (χ1n) is 13.7. The van der Waals surface area contributed by atoms with Gasteiger partial charge in [-0.2, -0.15) is 5.10 Å². The van der Waals surface area contributed by atoms with Gasteiger partial charge in [-0.05, 0) is 64.3 Å². The van der Waals surface area contributed by atoms with E-state index >= 15 is 0 Å². The average Bonchev–Trinajstić information content (AvgIpc) is 3.29. The first-order chi connectivity index (χ1) is 19.1. The molecule has 0 spiro atoms. The van der Waals surface area contributed by atoms with Crippen molar-refractivity contribution in [2.24, 2.45) is 7.05 Å². The van der Waals surface area contributed by atoms with E-state index < -0.39 is 5.60 Å². The third-order valence-corrected chi connectivity index (χ3v) is 7.03. The van der Waals surface area contributed by atoms with Gasteiger partial charge in [0.15, 0.2) is 0 Å². The molecular formula is C31H37N7O2. The van der Waals surface area contributed by atoms with Gasteiger partial charge in [0.25, 0.3) is 0 Å². The Bertz CT molecular complexity index is 1530. The number of aryl methyl sites for hydroxylation is 2. The second-order valence-electron chi connectivity index (χ2n) is 11.4. The van der Waals surface area contributed by atoms with Gasteiger partial charge in [0.2, 0.25) is 0 Å². The predicted octanol–water partition coefficient (Wildman–Crippen LogP) is 5.93. The topological polar surface area (TPSA) is 108 Å². The Hall–Kier alpha value is -4.40. The van der Waals surface area contributed by atoms with E-state index in [1.54, 1.807) is 4.68 Å². The molecule has 5 rings (SSSR count). The van der Waals surface area contributed by atoms with Crippen LogP contribution in [0.4, 0.5) is 22.0 Å². The second-order valence-corrected chi connectivity index (χ2v) is 11.4. The summed E-state index contributed by atoms with van der Waals surface area (Å²) in [4.78, 5) is 19.1. The molecule has 3 N–H and O–H groups in total. The van der Waals surface area contributed by atoms with Crippen LogP contribution in [-0.4, -0.2) is 51.3 Å². The molecule has 1 fully saturated rings. The monoisotopic (exact) mass is 539 g/mol. The molecule has 0 unspecified atom stereocenters. The van der Waals surface area contributed by atoms with Crippen molar-refractivity contribution >= 4 is 39.9 Å². The Kier molecular flexibility index (Phi) is 7.47. The van der Waals surface area contributed by atoms with Gasteiger partial charge in [-0.3, -0.25) is 10.1 Å². The van der Waals surface area contributed by atoms with Crippen molar-refractivity contribution in [1.82, 2.24) is 20.1 Å². The van der Waals surface area contributed by atoms with E-state index in [1.165, 1.54) is 0 Å². The maximum Gasteiger partial charge on any atom is 0.407 e. The Labute approximate surface area is 235 Å². The van der Waals surface area contributed by atoms with Crippen LogP contribution in [0.3, 0.4) is 0 Å². The fraction of sp³-hybridized carbons (Fsp3) is 0.355. The number of carbonyl (C=O) groups is 1. The lowest BCUT2D eigenvalue weighted by atomic mass is 9.96. The van der Waals surface area contributed by atoms with Crippen LogP contribution in [0.2, 0.25) is 0 Å². The standard InChI is InChI=1S/C31H37N7O2/c1-20-8-6-10-24(28(32)23-9-7-11-26-25(23)19-37(5)36-26)29(20)34-22-12-13-27(33-18-22)38-16-14-21(15-17-38)35-30(39)40-31(2,3)4/h6-13,18-19,21,32,34H,14-17H2,1-5H3,(H,35,39). The number of nitrogens with one attached hydrogen (secondary N) is 3. The lowest BCUT2D eigenvalue weighted by Crippen LogP contribution is -2.46. The highest BCUT2D eigenvalue weighted by atomic mass is 16.6. The number of fused-ring (bicyclic) bond motifs is 1. The Morgan fingerprint density at radius 2 is 1.77 bits per heavy atom. The zero-order valence-electron chi connectivity index (χ0n) is 23.8. The molecule has 2 aromatic heterocycles. The summed E-state index contributed by atoms with van der Waals surface area (Å²) in [5.41, 5.74) is 5.26. The number of alkyl carbamates (subject to hydrolysis) is 1. The minimum Gasteiger partial charge on any atom is -0.444 e. The van der Waals surface area contributed by atoms with E-state index in [-0.39, 0.29) is 12.1 Å². The Balaban J connectivity index is 1.27. The van der Waals surface area contributed by atoms with Crippen molar-refractivity contribution in [2.45, 2.75) is 52.2 Å². The lowest BCUT2D eigenvalue weighted by molar-refractivity contribution is 0.0497. The van der Waals surface area contributed by atoms with E-state index in [2.05, 4.69) is 20.6 Å². The highest BCUT2D eigenvalue weighted by Crippen LogP contribution is 2.30. The number of benzene rings is 2. The van der Waals surface area contributed by atoms with Crippen molar-refractivity contribution in [1.29, 1.82) is 5.41 Å². The summed E-state index contributed by atoms with van der Waals surface area (Å²) in [5, 5.41) is 21.1. The number of piperidine rings is 1. The van der Waals surface area contributed by atoms with E-state index in [9.17, 15) is 4.79 Å². The number of para-hydroxylation sites is 1. The van der Waals surface area contributed by atoms with Crippen molar-refractivity contribution < 1.29 is 9.53 Å². The first kappa shape index (κ1) is 27.2. The average molecular weight is 540 g/mol. The minimum absolute atomic E-state index is 0.0966. The van der Waals surface area contributed by atoms with Crippen LogP contribution in [0, 0.1) is 12.3 Å². The van der Waals surface area contributed by atoms with Gasteiger partial charge in [-0.1, -0.05) is 30.3 Å². The molecule has 1 saturated heterocycles. The van der Waals surface area contributed by atoms with E-state index in [4.69, 9.17) is 15.1 Å². The van der Waals surface area contributed by atoms with Gasteiger partial charge in [-0.15, -0.1) is 0 Å². The van der Waals surface area contributed by atoms with Gasteiger partial charge < -0.3 is 20.3 Å². The van der Waals surface area contributed by atoms with E-state index in [0.29, 0.717) is 5.71 Å². The minimum atomic E-state index is -0.503. The maximum atomic E-state index is 12.1. The first-order valence-corrected chi connectivity index (χ1v) is 13.7. The fourth-order valence-corrected chi connectivity index (χ4v) is 5.09. The normalized spacial score (nSPS) is 14.3. The van der Waals surface area contributed by atoms with Gasteiger partial charge in [0.1, 0.15) is 11.4 Å². The van der Waals surface area contributed by atoms with Crippen molar-refractivity contribution in [2.75, 3.05) is 23.3 Å². The molecule has 1 amide bonds. The molecule has 3 heterocycles. The highest BCUT2D eigenvalue weighted by Gasteiger charge is 2.24. The largest absolute Gasteiger partial charge is 0.444 e. The van der Waals surface area contributed by atoms with Crippen LogP contribution >= 0.6 is 0 Å². The summed E-state index contributed by atoms with van der Waals surface area (Å²) in [5.74, 6) is 0.905. The van der Waals surface area contributed by atoms with Gasteiger partial charge in [0.05, 0.1) is 28.8 Å². The molecule has 208 valence electrons. The van der Waals surface area contributed by atoms with Crippen molar-refractivity contribution in [3.63, 3.8) is 0 Å². The number of amides is 1. The smallest absolute Gasteiger partial charge is 0.407 e. The molecule has 9 heteroatoms. The van der Waals surface area contributed by atoms with E-state index in [1.807, 2.05) is 95.7 Å². The van der Waals surface area contributed by atoms with Gasteiger partial charge >= 0.3 is 6.09 Å². The molecule has 0 saturated carbocycles. The van der Waals surface area contributed by atoms with Gasteiger partial charge in [-0.25, -0.2) is 9.78 Å². The molecule has 9 nitrogen and oxygen atoms in total. The molecule has 0 bridgehead atoms. The SMILES string of the molecule is Cc1cccc(C(=N)c2cccc3nn(C)cc23)c1Nc1ccc(N2CCC(NC(=O)OC(C)(C)C)CC2)nc1. The van der Waals surface area contributed by atoms with Crippen LogP contribution in [0.1, 0.15) is 50.3 Å². The number of pyridine rings is 1. The summed E-state index contributed by atoms with van der Waals surface area (Å²) in [7, 11) is 1.90. The predicted molar refractivity (Wildman–Crippen MR) is 160 cm³/mol. The molecule has 0 radical (unpaired) electrons. The summed E-state index contributed by atoms with van der Waals surface area (Å²) < 4.78 is 7.17. The quantitative estimate of drug-likeness (QED) is 0.262. The number of anilines is 3. The zero-order chi connectivity index (χ0) is 28.4. The summed E-state index contributed by atoms with van der Waals surface area (Å²) >= 11 is 0. The van der Waals surface area contributed by atoms with E-state index in [0.717, 1.165) is 70.7 Å². The molecular weight excluding hydrogens is 502 g/mol. The molecule has 0 atom stereocenters. The molecule has 4 aromatic rings. The number of rotatable bonds is 6. The van der Waals surface area contributed by atoms with Crippen LogP contribution in [0.5, 0.6) is 0 Å². The maximum absolute atomic E-state index is 12.1. The third kappa shape index (κ3) is 6.09. The summed E-state index contributed by atoms with van der Waals surface area (Å²) in [6, 6.07) is 16.0. The van der Waals surface area contributed by atoms with Crippen LogP contribution in [-0.2, 0) is 11.8 Å². The number of aromatic nitrogens is 3. The number of ether oxygens (including phenoxy) is 1. The number of hydrogen-bond donors (Lipinski definition) is 3. The third-order valence-electron chi connectivity index (χ3n) is 7.03. The van der Waals surface area contributed by atoms with Crippen molar-refractivity contribution in [3.05, 3.63) is 77.6 Å². The summed E-state index contributed by atoms with van der Waals surface area (Å²) in [6.07, 6.45) is 5.10. The lowest BCUT2D eigenvalue weighted by Gasteiger charge is -2.33. The van der Waals surface area contributed by atoms with Crippen LogP contribution in [0.25, 0.3) is 10.9 Å². The number of nitrogens with zero attached hydrogens (tertiary/aromatic N) is 4. The number of carbonyl (C=O) groups excluding carboxylic acids is 1. The summed E-state index contributed by atoms with van der Waals surface area (Å²) in [6.45, 7) is 9.25.